The van der Waals surface area contributed by atoms with Crippen LogP contribution in [0, 0.1) is 0 Å². The van der Waals surface area contributed by atoms with Gasteiger partial charge in [-0.05, 0) is 6.92 Å². The lowest BCUT2D eigenvalue weighted by Crippen LogP contribution is -2.58. The van der Waals surface area contributed by atoms with Crippen LogP contribution in [0.1, 0.15) is 12.6 Å². The van der Waals surface area contributed by atoms with Crippen molar-refractivity contribution in [2.24, 2.45) is 5.73 Å². The summed E-state index contributed by atoms with van der Waals surface area (Å²) in [5, 5.41) is 31.6. The van der Waals surface area contributed by atoms with Crippen molar-refractivity contribution in [3.8, 4) is 0 Å². The van der Waals surface area contributed by atoms with E-state index in [2.05, 4.69) is 15.3 Å². The van der Waals surface area contributed by atoms with Crippen LogP contribution in [-0.2, 0) is 20.8 Å². The van der Waals surface area contributed by atoms with Gasteiger partial charge in [-0.2, -0.15) is 0 Å². The quantitative estimate of drug-likeness (QED) is 0.242. The summed E-state index contributed by atoms with van der Waals surface area (Å²) in [4.78, 5) is 41.5. The first-order valence-corrected chi connectivity index (χ1v) is 7.12. The number of carboxylic acid groups (broad SMARTS) is 1. The fraction of sp³-hybridized carbons (Fsp3) is 0.538. The zero-order chi connectivity index (χ0) is 18.3. The van der Waals surface area contributed by atoms with Gasteiger partial charge >= 0.3 is 5.97 Å². The number of hydrogen-bond acceptors (Lipinski definition) is 7. The van der Waals surface area contributed by atoms with Crippen molar-refractivity contribution in [2.45, 2.75) is 37.6 Å². The van der Waals surface area contributed by atoms with Gasteiger partial charge in [0.1, 0.15) is 12.1 Å². The second kappa shape index (κ2) is 8.96. The molecule has 11 nitrogen and oxygen atoms in total. The molecule has 4 atom stereocenters. The van der Waals surface area contributed by atoms with E-state index in [4.69, 9.17) is 15.9 Å². The largest absolute Gasteiger partial charge is 0.480 e. The number of aliphatic hydroxyl groups is 2. The molecule has 0 saturated carbocycles. The number of carbonyl (C=O) groups excluding carboxylic acids is 2. The summed E-state index contributed by atoms with van der Waals surface area (Å²) in [5.74, 6) is -3.11. The van der Waals surface area contributed by atoms with E-state index in [0.29, 0.717) is 5.69 Å². The zero-order valence-electron chi connectivity index (χ0n) is 13.0. The number of nitrogens with one attached hydrogen (secondary N) is 3. The summed E-state index contributed by atoms with van der Waals surface area (Å²) in [5.41, 5.74) is 6.26. The Balaban J connectivity index is 2.68. The van der Waals surface area contributed by atoms with Crippen LogP contribution in [0.2, 0.25) is 0 Å². The third-order valence-corrected chi connectivity index (χ3v) is 3.18. The first-order chi connectivity index (χ1) is 11.3. The van der Waals surface area contributed by atoms with Crippen LogP contribution in [0.5, 0.6) is 0 Å². The van der Waals surface area contributed by atoms with Gasteiger partial charge in [0.25, 0.3) is 0 Å². The van der Waals surface area contributed by atoms with Crippen LogP contribution in [0.4, 0.5) is 0 Å². The van der Waals surface area contributed by atoms with E-state index < -0.39 is 48.6 Å². The zero-order valence-corrected chi connectivity index (χ0v) is 13.0. The molecule has 0 spiro atoms. The average molecular weight is 343 g/mol. The molecule has 1 rings (SSSR count). The van der Waals surface area contributed by atoms with Gasteiger partial charge in [-0.1, -0.05) is 0 Å². The lowest BCUT2D eigenvalue weighted by molar-refractivity contribution is -0.144. The minimum Gasteiger partial charge on any atom is -0.480 e. The molecular weight excluding hydrogens is 322 g/mol. The molecule has 0 aliphatic heterocycles. The molecule has 8 N–H and O–H groups in total. The predicted octanol–water partition coefficient (Wildman–Crippen LogP) is -3.29. The van der Waals surface area contributed by atoms with Crippen LogP contribution >= 0.6 is 0 Å². The Morgan fingerprint density at radius 2 is 2.00 bits per heavy atom. The third-order valence-electron chi connectivity index (χ3n) is 3.18. The molecule has 0 aromatic carbocycles. The van der Waals surface area contributed by atoms with Crippen LogP contribution < -0.4 is 16.4 Å². The molecule has 0 unspecified atom stereocenters. The number of hydrogen-bond donors (Lipinski definition) is 7. The van der Waals surface area contributed by atoms with Crippen molar-refractivity contribution >= 4 is 17.8 Å². The molecule has 0 aliphatic carbocycles. The third kappa shape index (κ3) is 5.61. The lowest BCUT2D eigenvalue weighted by Gasteiger charge is -2.24. The highest BCUT2D eigenvalue weighted by atomic mass is 16.4. The molecule has 24 heavy (non-hydrogen) atoms. The molecule has 11 heteroatoms. The van der Waals surface area contributed by atoms with E-state index in [0.717, 1.165) is 0 Å². The lowest BCUT2D eigenvalue weighted by atomic mass is 10.1. The highest BCUT2D eigenvalue weighted by Crippen LogP contribution is 2.00. The molecule has 0 bridgehead atoms. The molecule has 1 aromatic rings. The minimum absolute atomic E-state index is 0.109. The maximum absolute atomic E-state index is 12.0. The van der Waals surface area contributed by atoms with E-state index in [1.807, 2.05) is 5.32 Å². The summed E-state index contributed by atoms with van der Waals surface area (Å²) in [6.45, 7) is 0.415. The highest BCUT2D eigenvalue weighted by Gasteiger charge is 2.30. The molecule has 0 saturated heterocycles. The standard InChI is InChI=1S/C13H21N5O6/c1-6(20)10(12(22)17-9(4-19)13(23)24)18-11(21)8(14)2-7-3-15-5-16-7/h3,5-6,8-10,19-20H,2,4,14H2,1H3,(H,15,16)(H,17,22)(H,18,21)(H,23,24)/t6-,8+,9+,10+/m1/s1. The Morgan fingerprint density at radius 1 is 1.33 bits per heavy atom. The van der Waals surface area contributed by atoms with Crippen molar-refractivity contribution in [3.05, 3.63) is 18.2 Å². The van der Waals surface area contributed by atoms with Crippen molar-refractivity contribution in [3.63, 3.8) is 0 Å². The number of imidazole rings is 1. The molecule has 0 aliphatic rings. The number of nitrogens with two attached hydrogens (primary N) is 1. The van der Waals surface area contributed by atoms with Crippen LogP contribution in [0.25, 0.3) is 0 Å². The van der Waals surface area contributed by atoms with Gasteiger partial charge in [0.2, 0.25) is 11.8 Å². The summed E-state index contributed by atoms with van der Waals surface area (Å²) < 4.78 is 0. The molecule has 1 aromatic heterocycles. The van der Waals surface area contributed by atoms with E-state index in [1.165, 1.54) is 13.3 Å². The number of aliphatic carboxylic acids is 1. The molecule has 0 fully saturated rings. The summed E-state index contributed by atoms with van der Waals surface area (Å²) in [6.07, 6.45) is 1.79. The van der Waals surface area contributed by atoms with Crippen molar-refractivity contribution < 1.29 is 29.7 Å². The van der Waals surface area contributed by atoms with E-state index in [9.17, 15) is 19.5 Å². The van der Waals surface area contributed by atoms with Gasteiger partial charge in [0.05, 0.1) is 30.8 Å². The summed E-state index contributed by atoms with van der Waals surface area (Å²) in [6, 6.07) is -3.99. The van der Waals surface area contributed by atoms with Gasteiger partial charge in [0.15, 0.2) is 0 Å². The van der Waals surface area contributed by atoms with E-state index >= 15 is 0 Å². The van der Waals surface area contributed by atoms with Gasteiger partial charge in [-0.3, -0.25) is 9.59 Å². The Kier molecular flexibility index (Phi) is 7.30. The highest BCUT2D eigenvalue weighted by molar-refractivity contribution is 5.92. The number of aliphatic hydroxyl groups excluding tert-OH is 2. The topological polar surface area (TPSA) is 191 Å². The van der Waals surface area contributed by atoms with E-state index in [1.54, 1.807) is 6.20 Å². The first kappa shape index (κ1) is 19.5. The number of aromatic amines is 1. The van der Waals surface area contributed by atoms with Gasteiger partial charge in [-0.25, -0.2) is 9.78 Å². The summed E-state index contributed by atoms with van der Waals surface area (Å²) >= 11 is 0. The van der Waals surface area contributed by atoms with Crippen LogP contribution in [0.3, 0.4) is 0 Å². The Hall–Kier alpha value is -2.50. The van der Waals surface area contributed by atoms with Crippen molar-refractivity contribution in [2.75, 3.05) is 6.61 Å². The number of carbonyl (C=O) groups is 3. The molecule has 2 amide bonds. The SMILES string of the molecule is C[C@@H](O)[C@H](NC(=O)[C@@H](N)Cc1c[nH]cn1)C(=O)N[C@@H](CO)C(=O)O. The van der Waals surface area contributed by atoms with E-state index in [-0.39, 0.29) is 6.42 Å². The van der Waals surface area contributed by atoms with Crippen LogP contribution in [-0.4, -0.2) is 73.9 Å². The number of amides is 2. The Morgan fingerprint density at radius 3 is 2.46 bits per heavy atom. The van der Waals surface area contributed by atoms with Crippen molar-refractivity contribution in [1.82, 2.24) is 20.6 Å². The van der Waals surface area contributed by atoms with Gasteiger partial charge < -0.3 is 36.7 Å². The Bertz CT molecular complexity index is 561. The number of nitrogens with zero attached hydrogens (tertiary/aromatic N) is 1. The van der Waals surface area contributed by atoms with Gasteiger partial charge in [-0.15, -0.1) is 0 Å². The second-order valence-electron chi connectivity index (χ2n) is 5.18. The van der Waals surface area contributed by atoms with Crippen molar-refractivity contribution in [1.29, 1.82) is 0 Å². The first-order valence-electron chi connectivity index (χ1n) is 7.12. The monoisotopic (exact) mass is 343 g/mol. The Labute approximate surface area is 137 Å². The fourth-order valence-corrected chi connectivity index (χ4v) is 1.83. The maximum atomic E-state index is 12.0. The average Bonchev–Trinajstić information content (AvgIpc) is 3.01. The second-order valence-corrected chi connectivity index (χ2v) is 5.18. The van der Waals surface area contributed by atoms with Crippen LogP contribution in [0.15, 0.2) is 12.5 Å². The van der Waals surface area contributed by atoms with Gasteiger partial charge in [0, 0.05) is 12.6 Å². The molecule has 1 heterocycles. The molecular formula is C13H21N5O6. The smallest absolute Gasteiger partial charge is 0.328 e. The number of rotatable bonds is 9. The number of H-pyrrole nitrogens is 1. The predicted molar refractivity (Wildman–Crippen MR) is 80.5 cm³/mol. The number of aromatic nitrogens is 2. The molecule has 0 radical (unpaired) electrons. The normalized spacial score (nSPS) is 15.8. The minimum atomic E-state index is -1.55. The maximum Gasteiger partial charge on any atom is 0.328 e. The molecule has 134 valence electrons. The summed E-state index contributed by atoms with van der Waals surface area (Å²) in [7, 11) is 0. The fourth-order valence-electron chi connectivity index (χ4n) is 1.83. The number of carboxylic acids is 1.